The molecule has 1 amide bonds. The Hall–Kier alpha value is -3.94. The molecule has 1 aliphatic heterocycles. The van der Waals surface area contributed by atoms with Crippen molar-refractivity contribution in [1.82, 2.24) is 5.43 Å². The number of hydrogen-bond acceptors (Lipinski definition) is 7. The van der Waals surface area contributed by atoms with Crippen LogP contribution in [0.3, 0.4) is 0 Å². The third-order valence-corrected chi connectivity index (χ3v) is 4.41. The molecule has 1 aliphatic rings. The Kier molecular flexibility index (Phi) is 4.19. The first-order valence-electron chi connectivity index (χ1n) is 8.77. The molecule has 0 unspecified atom stereocenters. The number of benzene rings is 2. The minimum Gasteiger partial charge on any atom is -0.504 e. The molecular weight excluding hydrogens is 376 g/mol. The summed E-state index contributed by atoms with van der Waals surface area (Å²) in [6.45, 7) is 3.90. The maximum atomic E-state index is 12.4. The van der Waals surface area contributed by atoms with Gasteiger partial charge in [-0.1, -0.05) is 0 Å². The molecule has 4 rings (SSSR count). The van der Waals surface area contributed by atoms with E-state index in [9.17, 15) is 20.1 Å². The van der Waals surface area contributed by atoms with Gasteiger partial charge in [-0.25, -0.2) is 5.43 Å². The number of rotatable bonds is 3. The number of fused-ring (bicyclic) bond motifs is 3. The van der Waals surface area contributed by atoms with Crippen LogP contribution in [0, 0.1) is 0 Å². The molecule has 1 aromatic heterocycles. The van der Waals surface area contributed by atoms with Crippen molar-refractivity contribution in [3.8, 4) is 23.0 Å². The summed E-state index contributed by atoms with van der Waals surface area (Å²) < 4.78 is 11.6. The Balaban J connectivity index is 1.55. The van der Waals surface area contributed by atoms with Crippen LogP contribution in [0.25, 0.3) is 17.0 Å². The Bertz CT molecular complexity index is 1170. The maximum Gasteiger partial charge on any atom is 0.307 e. The van der Waals surface area contributed by atoms with Crippen LogP contribution in [0.4, 0.5) is 0 Å². The number of nitrogens with zero attached hydrogens (tertiary/aromatic N) is 1. The first-order valence-corrected chi connectivity index (χ1v) is 8.77. The molecule has 4 N–H and O–H groups in total. The van der Waals surface area contributed by atoms with Gasteiger partial charge in [0, 0.05) is 10.9 Å². The summed E-state index contributed by atoms with van der Waals surface area (Å²) in [5.41, 5.74) is 3.48. The second kappa shape index (κ2) is 6.59. The molecule has 0 bridgehead atoms. The van der Waals surface area contributed by atoms with Crippen LogP contribution in [-0.4, -0.2) is 33.0 Å². The molecule has 8 nitrogen and oxygen atoms in total. The van der Waals surface area contributed by atoms with Crippen molar-refractivity contribution in [3.63, 3.8) is 0 Å². The van der Waals surface area contributed by atoms with Crippen LogP contribution in [-0.2, 0) is 0 Å². The van der Waals surface area contributed by atoms with Gasteiger partial charge in [0.15, 0.2) is 23.0 Å². The zero-order valence-electron chi connectivity index (χ0n) is 15.6. The fourth-order valence-electron chi connectivity index (χ4n) is 2.99. The Morgan fingerprint density at radius 2 is 1.86 bits per heavy atom. The standard InChI is InChI=1S/C21H18N2O6/c1-21(2)6-5-13-16(29-21)4-3-12-9-17(28-19(12)13)20(27)23-22-10-11-7-14(24)18(26)15(25)8-11/h3-10,24-26H,1-2H3,(H,23,27)/b22-10+. The Morgan fingerprint density at radius 3 is 2.59 bits per heavy atom. The summed E-state index contributed by atoms with van der Waals surface area (Å²) in [4.78, 5) is 12.4. The number of phenolic OH excluding ortho intramolecular Hbond substituents is 3. The van der Waals surface area contributed by atoms with Gasteiger partial charge in [0.1, 0.15) is 16.9 Å². The molecule has 0 aliphatic carbocycles. The number of furan rings is 1. The number of ether oxygens (including phenoxy) is 1. The molecule has 0 spiro atoms. The summed E-state index contributed by atoms with van der Waals surface area (Å²) in [5.74, 6) is -1.45. The monoisotopic (exact) mass is 394 g/mol. The lowest BCUT2D eigenvalue weighted by Gasteiger charge is -2.27. The van der Waals surface area contributed by atoms with Crippen LogP contribution >= 0.6 is 0 Å². The minimum absolute atomic E-state index is 0.0696. The number of amides is 1. The zero-order chi connectivity index (χ0) is 20.8. The highest BCUT2D eigenvalue weighted by molar-refractivity contribution is 5.99. The zero-order valence-corrected chi connectivity index (χ0v) is 15.6. The van der Waals surface area contributed by atoms with E-state index in [1.807, 2.05) is 38.1 Å². The van der Waals surface area contributed by atoms with Gasteiger partial charge in [-0.2, -0.15) is 5.10 Å². The number of hydrazone groups is 1. The largest absolute Gasteiger partial charge is 0.504 e. The molecular formula is C21H18N2O6. The number of aromatic hydroxyl groups is 3. The van der Waals surface area contributed by atoms with E-state index >= 15 is 0 Å². The first-order chi connectivity index (χ1) is 13.7. The molecule has 8 heteroatoms. The summed E-state index contributed by atoms with van der Waals surface area (Å²) in [7, 11) is 0. The Morgan fingerprint density at radius 1 is 1.14 bits per heavy atom. The van der Waals surface area contributed by atoms with Crippen molar-refractivity contribution >= 4 is 29.2 Å². The van der Waals surface area contributed by atoms with E-state index in [4.69, 9.17) is 9.15 Å². The van der Waals surface area contributed by atoms with E-state index in [0.717, 1.165) is 10.9 Å². The van der Waals surface area contributed by atoms with Gasteiger partial charge in [-0.15, -0.1) is 0 Å². The third kappa shape index (κ3) is 3.47. The minimum atomic E-state index is -0.627. The molecule has 0 saturated carbocycles. The van der Waals surface area contributed by atoms with Crippen molar-refractivity contribution in [1.29, 1.82) is 0 Å². The van der Waals surface area contributed by atoms with E-state index in [2.05, 4.69) is 10.5 Å². The molecule has 0 atom stereocenters. The van der Waals surface area contributed by atoms with Crippen molar-refractivity contribution in [2.45, 2.75) is 19.4 Å². The SMILES string of the molecule is CC1(C)C=Cc2c(ccc3cc(C(=O)N/N=C/c4cc(O)c(O)c(O)c4)oc23)O1. The van der Waals surface area contributed by atoms with E-state index in [-0.39, 0.29) is 11.3 Å². The van der Waals surface area contributed by atoms with Crippen molar-refractivity contribution in [3.05, 3.63) is 53.3 Å². The van der Waals surface area contributed by atoms with Crippen LogP contribution in [0.5, 0.6) is 23.0 Å². The normalized spacial score (nSPS) is 14.7. The highest BCUT2D eigenvalue weighted by atomic mass is 16.5. The maximum absolute atomic E-state index is 12.4. The van der Waals surface area contributed by atoms with Crippen LogP contribution in [0.1, 0.15) is 35.5 Å². The molecule has 0 fully saturated rings. The first kappa shape index (κ1) is 18.4. The summed E-state index contributed by atoms with van der Waals surface area (Å²) in [6, 6.07) is 7.63. The lowest BCUT2D eigenvalue weighted by Crippen LogP contribution is -2.27. The molecule has 0 radical (unpaired) electrons. The molecule has 148 valence electrons. The van der Waals surface area contributed by atoms with Gasteiger partial charge in [-0.3, -0.25) is 4.79 Å². The number of phenols is 3. The average Bonchev–Trinajstić information content (AvgIpc) is 3.09. The molecule has 3 aromatic rings. The molecule has 0 saturated heterocycles. The van der Waals surface area contributed by atoms with Gasteiger partial charge in [0.2, 0.25) is 0 Å². The fraction of sp³-hybridized carbons (Fsp3) is 0.143. The number of carbonyl (C=O) groups excluding carboxylic acids is 1. The molecule has 29 heavy (non-hydrogen) atoms. The summed E-state index contributed by atoms with van der Waals surface area (Å²) >= 11 is 0. The van der Waals surface area contributed by atoms with E-state index in [1.54, 1.807) is 6.07 Å². The van der Waals surface area contributed by atoms with Crippen LogP contribution in [0.15, 0.2) is 45.9 Å². The Labute approximate surface area is 165 Å². The van der Waals surface area contributed by atoms with E-state index < -0.39 is 28.8 Å². The summed E-state index contributed by atoms with van der Waals surface area (Å²) in [5, 5.41) is 32.8. The van der Waals surface area contributed by atoms with Crippen LogP contribution < -0.4 is 10.2 Å². The van der Waals surface area contributed by atoms with Crippen LogP contribution in [0.2, 0.25) is 0 Å². The lowest BCUT2D eigenvalue weighted by molar-refractivity contribution is 0.0929. The molecule has 2 aromatic carbocycles. The number of nitrogens with one attached hydrogen (secondary N) is 1. The highest BCUT2D eigenvalue weighted by Crippen LogP contribution is 2.37. The van der Waals surface area contributed by atoms with Gasteiger partial charge in [-0.05, 0) is 56.3 Å². The number of hydrogen-bond donors (Lipinski definition) is 4. The van der Waals surface area contributed by atoms with Gasteiger partial charge in [0.25, 0.3) is 0 Å². The second-order valence-corrected chi connectivity index (χ2v) is 7.15. The third-order valence-electron chi connectivity index (χ3n) is 4.41. The topological polar surface area (TPSA) is 125 Å². The molecule has 2 heterocycles. The predicted octanol–water partition coefficient (Wildman–Crippen LogP) is 3.50. The van der Waals surface area contributed by atoms with E-state index in [0.29, 0.717) is 11.3 Å². The predicted molar refractivity (Wildman–Crippen MR) is 106 cm³/mol. The van der Waals surface area contributed by atoms with Gasteiger partial charge >= 0.3 is 5.91 Å². The summed E-state index contributed by atoms with van der Waals surface area (Å²) in [6.07, 6.45) is 5.04. The van der Waals surface area contributed by atoms with Crippen molar-refractivity contribution in [2.24, 2.45) is 5.10 Å². The highest BCUT2D eigenvalue weighted by Gasteiger charge is 2.24. The lowest BCUT2D eigenvalue weighted by atomic mass is 10.0. The number of carbonyl (C=O) groups is 1. The van der Waals surface area contributed by atoms with Crippen molar-refractivity contribution < 1.29 is 29.3 Å². The quantitative estimate of drug-likeness (QED) is 0.306. The smallest absolute Gasteiger partial charge is 0.307 e. The van der Waals surface area contributed by atoms with Gasteiger partial charge < -0.3 is 24.5 Å². The van der Waals surface area contributed by atoms with Crippen molar-refractivity contribution in [2.75, 3.05) is 0 Å². The fourth-order valence-corrected chi connectivity index (χ4v) is 2.99. The second-order valence-electron chi connectivity index (χ2n) is 7.15. The van der Waals surface area contributed by atoms with Gasteiger partial charge in [0.05, 0.1) is 11.8 Å². The average molecular weight is 394 g/mol. The van der Waals surface area contributed by atoms with E-state index in [1.165, 1.54) is 18.3 Å².